The molecule has 1 aliphatic rings. The molecule has 15 heavy (non-hydrogen) atoms. The van der Waals surface area contributed by atoms with Crippen LogP contribution in [-0.4, -0.2) is 37.1 Å². The molecule has 0 bridgehead atoms. The van der Waals surface area contributed by atoms with Gasteiger partial charge in [-0.05, 0) is 38.8 Å². The van der Waals surface area contributed by atoms with E-state index in [0.717, 1.165) is 25.8 Å². The fourth-order valence-electron chi connectivity index (χ4n) is 2.19. The van der Waals surface area contributed by atoms with E-state index < -0.39 is 0 Å². The lowest BCUT2D eigenvalue weighted by molar-refractivity contribution is -0.134. The van der Waals surface area contributed by atoms with E-state index in [1.165, 1.54) is 32.4 Å². The van der Waals surface area contributed by atoms with Crippen LogP contribution >= 0.6 is 0 Å². The first-order valence-corrected chi connectivity index (χ1v) is 6.18. The lowest BCUT2D eigenvalue weighted by Gasteiger charge is -2.27. The second-order valence-electron chi connectivity index (χ2n) is 4.33. The molecule has 0 saturated carbocycles. The highest BCUT2D eigenvalue weighted by Crippen LogP contribution is 2.12. The highest BCUT2D eigenvalue weighted by molar-refractivity contribution is 5.37. The number of hydrogen-bond donors (Lipinski definition) is 0. The van der Waals surface area contributed by atoms with Crippen LogP contribution in [0.25, 0.3) is 0 Å². The van der Waals surface area contributed by atoms with Gasteiger partial charge in [-0.3, -0.25) is 4.79 Å². The van der Waals surface area contributed by atoms with E-state index in [1.807, 2.05) is 0 Å². The Morgan fingerprint density at radius 3 is 2.60 bits per heavy atom. The van der Waals surface area contributed by atoms with Crippen LogP contribution in [-0.2, 0) is 9.53 Å². The van der Waals surface area contributed by atoms with Gasteiger partial charge in [0.25, 0.3) is 6.47 Å². The largest absolute Gasteiger partial charge is 0.465 e. The molecule has 1 fully saturated rings. The summed E-state index contributed by atoms with van der Waals surface area (Å²) in [5.41, 5.74) is 0. The molecule has 0 radical (unpaired) electrons. The van der Waals surface area contributed by atoms with Gasteiger partial charge in [0.15, 0.2) is 0 Å². The molecular formula is C12H23NO2. The van der Waals surface area contributed by atoms with Crippen molar-refractivity contribution in [2.75, 3.05) is 19.6 Å². The zero-order valence-corrected chi connectivity index (χ0v) is 9.78. The number of carbonyl (C=O) groups excluding carboxylic acids is 1. The topological polar surface area (TPSA) is 29.5 Å². The number of likely N-dealkylation sites (tertiary alicyclic amines) is 1. The zero-order chi connectivity index (χ0) is 10.9. The number of hydrogen-bond acceptors (Lipinski definition) is 3. The second kappa shape index (κ2) is 7.69. The summed E-state index contributed by atoms with van der Waals surface area (Å²) in [5, 5.41) is 0. The third kappa shape index (κ3) is 5.17. The van der Waals surface area contributed by atoms with Gasteiger partial charge in [0.1, 0.15) is 6.10 Å². The minimum absolute atomic E-state index is 0.134. The highest BCUT2D eigenvalue weighted by atomic mass is 16.5. The Kier molecular flexibility index (Phi) is 6.41. The molecule has 1 aliphatic heterocycles. The van der Waals surface area contributed by atoms with Crippen molar-refractivity contribution in [2.45, 2.75) is 51.6 Å². The molecule has 1 unspecified atom stereocenters. The maximum absolute atomic E-state index is 10.3. The summed E-state index contributed by atoms with van der Waals surface area (Å²) in [6.45, 7) is 6.25. The van der Waals surface area contributed by atoms with Gasteiger partial charge in [-0.15, -0.1) is 0 Å². The van der Waals surface area contributed by atoms with Gasteiger partial charge >= 0.3 is 0 Å². The van der Waals surface area contributed by atoms with Gasteiger partial charge in [-0.1, -0.05) is 19.8 Å². The standard InChI is InChI=1S/C12H23NO2/c1-2-6-12(15-11-14)7-10-13-8-4-3-5-9-13/h11-12H,2-10H2,1H3. The molecule has 3 nitrogen and oxygen atoms in total. The van der Waals surface area contributed by atoms with E-state index in [-0.39, 0.29) is 6.10 Å². The fourth-order valence-corrected chi connectivity index (χ4v) is 2.19. The van der Waals surface area contributed by atoms with Crippen LogP contribution in [0.1, 0.15) is 45.4 Å². The van der Waals surface area contributed by atoms with Gasteiger partial charge in [-0.25, -0.2) is 0 Å². The maximum Gasteiger partial charge on any atom is 0.293 e. The quantitative estimate of drug-likeness (QED) is 0.607. The van der Waals surface area contributed by atoms with Crippen molar-refractivity contribution in [3.05, 3.63) is 0 Å². The summed E-state index contributed by atoms with van der Waals surface area (Å²) in [6.07, 6.45) is 7.23. The Bertz CT molecular complexity index is 167. The van der Waals surface area contributed by atoms with Crippen molar-refractivity contribution < 1.29 is 9.53 Å². The van der Waals surface area contributed by atoms with Crippen molar-refractivity contribution >= 4 is 6.47 Å². The SMILES string of the molecule is CCCC(CCN1CCCCC1)OC=O. The van der Waals surface area contributed by atoms with E-state index in [0.29, 0.717) is 6.47 Å². The second-order valence-corrected chi connectivity index (χ2v) is 4.33. The van der Waals surface area contributed by atoms with E-state index in [4.69, 9.17) is 4.74 Å². The van der Waals surface area contributed by atoms with Gasteiger partial charge < -0.3 is 9.64 Å². The van der Waals surface area contributed by atoms with E-state index in [1.54, 1.807) is 0 Å². The summed E-state index contributed by atoms with van der Waals surface area (Å²) in [6, 6.07) is 0. The molecule has 0 N–H and O–H groups in total. The first kappa shape index (κ1) is 12.5. The van der Waals surface area contributed by atoms with Gasteiger partial charge in [0.05, 0.1) is 0 Å². The van der Waals surface area contributed by atoms with E-state index in [9.17, 15) is 4.79 Å². The summed E-state index contributed by atoms with van der Waals surface area (Å²) in [5.74, 6) is 0. The molecule has 1 heterocycles. The molecule has 0 spiro atoms. The molecular weight excluding hydrogens is 190 g/mol. The minimum Gasteiger partial charge on any atom is -0.465 e. The Labute approximate surface area is 92.8 Å². The fraction of sp³-hybridized carbons (Fsp3) is 0.917. The molecule has 1 atom stereocenters. The van der Waals surface area contributed by atoms with Crippen molar-refractivity contribution in [1.29, 1.82) is 0 Å². The van der Waals surface area contributed by atoms with Crippen molar-refractivity contribution in [3.63, 3.8) is 0 Å². The Morgan fingerprint density at radius 2 is 2.00 bits per heavy atom. The summed E-state index contributed by atoms with van der Waals surface area (Å²) in [4.78, 5) is 12.8. The number of carbonyl (C=O) groups is 1. The number of piperidine rings is 1. The third-order valence-corrected chi connectivity index (χ3v) is 3.07. The van der Waals surface area contributed by atoms with Crippen LogP contribution in [0, 0.1) is 0 Å². The molecule has 1 rings (SSSR count). The normalized spacial score (nSPS) is 19.8. The van der Waals surface area contributed by atoms with E-state index in [2.05, 4.69) is 11.8 Å². The van der Waals surface area contributed by atoms with Crippen LogP contribution in [0.5, 0.6) is 0 Å². The lowest BCUT2D eigenvalue weighted by atomic mass is 10.1. The number of ether oxygens (including phenoxy) is 1. The van der Waals surface area contributed by atoms with Crippen LogP contribution in [0.2, 0.25) is 0 Å². The lowest BCUT2D eigenvalue weighted by Crippen LogP contribution is -2.32. The zero-order valence-electron chi connectivity index (χ0n) is 9.78. The first-order chi connectivity index (χ1) is 7.36. The summed E-state index contributed by atoms with van der Waals surface area (Å²) >= 11 is 0. The number of rotatable bonds is 7. The molecule has 0 aliphatic carbocycles. The average Bonchev–Trinajstić information content (AvgIpc) is 2.28. The smallest absolute Gasteiger partial charge is 0.293 e. The third-order valence-electron chi connectivity index (χ3n) is 3.07. The summed E-state index contributed by atoms with van der Waals surface area (Å²) in [7, 11) is 0. The molecule has 88 valence electrons. The van der Waals surface area contributed by atoms with Crippen LogP contribution in [0.4, 0.5) is 0 Å². The van der Waals surface area contributed by atoms with Crippen LogP contribution < -0.4 is 0 Å². The predicted octanol–water partition coefficient (Wildman–Crippen LogP) is 2.20. The monoisotopic (exact) mass is 213 g/mol. The Morgan fingerprint density at radius 1 is 1.27 bits per heavy atom. The Balaban J connectivity index is 2.16. The molecule has 0 aromatic carbocycles. The van der Waals surface area contributed by atoms with Crippen molar-refractivity contribution in [1.82, 2.24) is 4.90 Å². The molecule has 0 aromatic rings. The number of nitrogens with zero attached hydrogens (tertiary/aromatic N) is 1. The van der Waals surface area contributed by atoms with Crippen molar-refractivity contribution in [2.24, 2.45) is 0 Å². The van der Waals surface area contributed by atoms with Crippen LogP contribution in [0.15, 0.2) is 0 Å². The predicted molar refractivity (Wildman–Crippen MR) is 60.8 cm³/mol. The molecule has 1 saturated heterocycles. The van der Waals surface area contributed by atoms with Crippen LogP contribution in [0.3, 0.4) is 0 Å². The first-order valence-electron chi connectivity index (χ1n) is 6.18. The van der Waals surface area contributed by atoms with Gasteiger partial charge in [0.2, 0.25) is 0 Å². The van der Waals surface area contributed by atoms with Gasteiger partial charge in [-0.2, -0.15) is 0 Å². The highest BCUT2D eigenvalue weighted by Gasteiger charge is 2.13. The van der Waals surface area contributed by atoms with Crippen molar-refractivity contribution in [3.8, 4) is 0 Å². The van der Waals surface area contributed by atoms with Gasteiger partial charge in [0, 0.05) is 6.54 Å². The maximum atomic E-state index is 10.3. The van der Waals surface area contributed by atoms with E-state index >= 15 is 0 Å². The molecule has 0 amide bonds. The molecule has 0 aromatic heterocycles. The summed E-state index contributed by atoms with van der Waals surface area (Å²) < 4.78 is 5.07. The molecule has 3 heteroatoms. The minimum atomic E-state index is 0.134. The Hall–Kier alpha value is -0.570. The average molecular weight is 213 g/mol.